The van der Waals surface area contributed by atoms with E-state index >= 15 is 0 Å². The Morgan fingerprint density at radius 3 is 2.88 bits per heavy atom. The van der Waals surface area contributed by atoms with Gasteiger partial charge in [0.25, 0.3) is 5.91 Å². The molecule has 124 valence electrons. The van der Waals surface area contributed by atoms with Gasteiger partial charge in [0, 0.05) is 24.7 Å². The van der Waals surface area contributed by atoms with E-state index in [-0.39, 0.29) is 5.91 Å². The Morgan fingerprint density at radius 2 is 2.08 bits per heavy atom. The number of anilines is 1. The fraction of sp³-hybridized carbons (Fsp3) is 0.188. The zero-order valence-electron chi connectivity index (χ0n) is 12.9. The maximum Gasteiger partial charge on any atom is 0.272 e. The van der Waals surface area contributed by atoms with Crippen molar-refractivity contribution in [1.29, 1.82) is 0 Å². The molecule has 0 atom stereocenters. The lowest BCUT2D eigenvalue weighted by Gasteiger charge is -2.08. The van der Waals surface area contributed by atoms with Crippen LogP contribution in [0.3, 0.4) is 0 Å². The average molecular weight is 364 g/mol. The van der Waals surface area contributed by atoms with Gasteiger partial charge in [-0.25, -0.2) is 4.98 Å². The molecule has 0 unspecified atom stereocenters. The molecule has 1 amide bonds. The number of rotatable bonds is 5. The molecule has 3 aromatic rings. The first-order valence-corrected chi connectivity index (χ1v) is 8.08. The molecule has 1 aromatic carbocycles. The van der Waals surface area contributed by atoms with Gasteiger partial charge in [-0.05, 0) is 25.1 Å². The molecule has 0 aliphatic rings. The van der Waals surface area contributed by atoms with Gasteiger partial charge in [-0.2, -0.15) is 5.10 Å². The number of aryl methyl sites for hydroxylation is 1. The molecule has 0 aliphatic carbocycles. The van der Waals surface area contributed by atoms with E-state index in [0.29, 0.717) is 34.6 Å². The predicted molar refractivity (Wildman–Crippen MR) is 95.9 cm³/mol. The number of nitrogens with zero attached hydrogens (tertiary/aromatic N) is 2. The first kappa shape index (κ1) is 16.5. The van der Waals surface area contributed by atoms with Gasteiger partial charge in [0.2, 0.25) is 0 Å². The van der Waals surface area contributed by atoms with E-state index in [4.69, 9.17) is 23.2 Å². The molecule has 0 aliphatic heterocycles. The molecule has 0 saturated heterocycles. The van der Waals surface area contributed by atoms with Crippen LogP contribution < -0.4 is 10.6 Å². The standard InChI is InChI=1S/C16H15Cl2N5O/c1-9-2-3-13-11(6-9)14(23-22-13)16(24)20-5-4-19-15-12(18)7-10(17)8-21-15/h2-3,6-8H,4-5H2,1H3,(H,19,21)(H,20,24)(H,22,23). The van der Waals surface area contributed by atoms with Crippen LogP contribution in [0.1, 0.15) is 16.1 Å². The minimum Gasteiger partial charge on any atom is -0.367 e. The van der Waals surface area contributed by atoms with E-state index in [0.717, 1.165) is 16.5 Å². The quantitative estimate of drug-likeness (QED) is 0.606. The second-order valence-electron chi connectivity index (χ2n) is 5.29. The molecular formula is C16H15Cl2N5O. The minimum absolute atomic E-state index is 0.233. The molecule has 0 radical (unpaired) electrons. The largest absolute Gasteiger partial charge is 0.367 e. The number of fused-ring (bicyclic) bond motifs is 1. The first-order chi connectivity index (χ1) is 11.5. The van der Waals surface area contributed by atoms with Crippen molar-refractivity contribution in [1.82, 2.24) is 20.5 Å². The summed E-state index contributed by atoms with van der Waals surface area (Å²) in [6.45, 7) is 2.85. The van der Waals surface area contributed by atoms with Gasteiger partial charge in [0.05, 0.1) is 15.6 Å². The molecule has 3 rings (SSSR count). The van der Waals surface area contributed by atoms with E-state index in [9.17, 15) is 4.79 Å². The van der Waals surface area contributed by atoms with Crippen LogP contribution in [0.5, 0.6) is 0 Å². The third kappa shape index (κ3) is 3.60. The van der Waals surface area contributed by atoms with Crippen LogP contribution in [0.15, 0.2) is 30.5 Å². The Balaban J connectivity index is 1.58. The Morgan fingerprint density at radius 1 is 1.25 bits per heavy atom. The fourth-order valence-electron chi connectivity index (χ4n) is 2.29. The summed E-state index contributed by atoms with van der Waals surface area (Å²) in [5.41, 5.74) is 2.29. The van der Waals surface area contributed by atoms with Crippen molar-refractivity contribution in [3.63, 3.8) is 0 Å². The van der Waals surface area contributed by atoms with Crippen LogP contribution >= 0.6 is 23.2 Å². The van der Waals surface area contributed by atoms with Gasteiger partial charge in [0.1, 0.15) is 5.82 Å². The topological polar surface area (TPSA) is 82.7 Å². The van der Waals surface area contributed by atoms with Crippen LogP contribution in [-0.4, -0.2) is 34.2 Å². The van der Waals surface area contributed by atoms with Crippen molar-refractivity contribution in [2.24, 2.45) is 0 Å². The smallest absolute Gasteiger partial charge is 0.272 e. The van der Waals surface area contributed by atoms with Crippen molar-refractivity contribution < 1.29 is 4.79 Å². The summed E-state index contributed by atoms with van der Waals surface area (Å²) < 4.78 is 0. The molecule has 6 nitrogen and oxygen atoms in total. The van der Waals surface area contributed by atoms with Crippen molar-refractivity contribution in [3.8, 4) is 0 Å². The summed E-state index contributed by atoms with van der Waals surface area (Å²) in [7, 11) is 0. The summed E-state index contributed by atoms with van der Waals surface area (Å²) in [6.07, 6.45) is 1.51. The highest BCUT2D eigenvalue weighted by molar-refractivity contribution is 6.35. The number of aromatic nitrogens is 3. The second kappa shape index (κ2) is 7.07. The minimum atomic E-state index is -0.233. The lowest BCUT2D eigenvalue weighted by atomic mass is 10.1. The molecular weight excluding hydrogens is 349 g/mol. The number of carbonyl (C=O) groups is 1. The Labute approximate surface area is 148 Å². The molecule has 8 heteroatoms. The van der Waals surface area contributed by atoms with E-state index in [1.807, 2.05) is 25.1 Å². The van der Waals surface area contributed by atoms with Crippen LogP contribution in [0, 0.1) is 6.92 Å². The number of aromatic amines is 1. The molecule has 24 heavy (non-hydrogen) atoms. The number of amides is 1. The summed E-state index contributed by atoms with van der Waals surface area (Å²) in [5, 5.41) is 14.5. The maximum atomic E-state index is 12.3. The van der Waals surface area contributed by atoms with Gasteiger partial charge in [-0.3, -0.25) is 9.89 Å². The highest BCUT2D eigenvalue weighted by Crippen LogP contribution is 2.22. The van der Waals surface area contributed by atoms with Crippen molar-refractivity contribution in [2.45, 2.75) is 6.92 Å². The molecule has 2 heterocycles. The zero-order chi connectivity index (χ0) is 17.1. The SMILES string of the molecule is Cc1ccc2[nH]nc(C(=O)NCCNc3ncc(Cl)cc3Cl)c2c1. The molecule has 2 aromatic heterocycles. The Hall–Kier alpha value is -2.31. The van der Waals surface area contributed by atoms with Crippen LogP contribution in [0.4, 0.5) is 5.82 Å². The summed E-state index contributed by atoms with van der Waals surface area (Å²) >= 11 is 11.8. The molecule has 0 bridgehead atoms. The number of hydrogen-bond donors (Lipinski definition) is 3. The normalized spacial score (nSPS) is 10.8. The number of hydrogen-bond acceptors (Lipinski definition) is 4. The van der Waals surface area contributed by atoms with Gasteiger partial charge in [0.15, 0.2) is 5.69 Å². The number of pyridine rings is 1. The fourth-order valence-corrected chi connectivity index (χ4v) is 2.73. The Kier molecular flexibility index (Phi) is 4.87. The van der Waals surface area contributed by atoms with Crippen molar-refractivity contribution in [3.05, 3.63) is 51.8 Å². The van der Waals surface area contributed by atoms with Gasteiger partial charge in [-0.15, -0.1) is 0 Å². The first-order valence-electron chi connectivity index (χ1n) is 7.32. The predicted octanol–water partition coefficient (Wildman–Crippen LogP) is 3.42. The molecule has 3 N–H and O–H groups in total. The Bertz CT molecular complexity index is 893. The van der Waals surface area contributed by atoms with E-state index in [1.165, 1.54) is 6.20 Å². The number of carbonyl (C=O) groups excluding carboxylic acids is 1. The third-order valence-corrected chi connectivity index (χ3v) is 3.94. The molecule has 0 saturated carbocycles. The lowest BCUT2D eigenvalue weighted by Crippen LogP contribution is -2.29. The van der Waals surface area contributed by atoms with Crippen LogP contribution in [0.25, 0.3) is 10.9 Å². The zero-order valence-corrected chi connectivity index (χ0v) is 14.4. The lowest BCUT2D eigenvalue weighted by molar-refractivity contribution is 0.0952. The number of H-pyrrole nitrogens is 1. The van der Waals surface area contributed by atoms with Gasteiger partial charge in [-0.1, -0.05) is 34.8 Å². The number of halogens is 2. The number of nitrogens with one attached hydrogen (secondary N) is 3. The summed E-state index contributed by atoms with van der Waals surface area (Å²) in [5.74, 6) is 0.292. The molecule has 0 fully saturated rings. The maximum absolute atomic E-state index is 12.3. The average Bonchev–Trinajstić information content (AvgIpc) is 2.96. The van der Waals surface area contributed by atoms with E-state index in [2.05, 4.69) is 25.8 Å². The van der Waals surface area contributed by atoms with Crippen molar-refractivity contribution in [2.75, 3.05) is 18.4 Å². The highest BCUT2D eigenvalue weighted by atomic mass is 35.5. The van der Waals surface area contributed by atoms with Crippen molar-refractivity contribution >= 4 is 45.8 Å². The summed E-state index contributed by atoms with van der Waals surface area (Å²) in [4.78, 5) is 16.4. The van der Waals surface area contributed by atoms with Crippen LogP contribution in [0.2, 0.25) is 10.0 Å². The van der Waals surface area contributed by atoms with Gasteiger partial charge < -0.3 is 10.6 Å². The monoisotopic (exact) mass is 363 g/mol. The molecule has 0 spiro atoms. The van der Waals surface area contributed by atoms with Gasteiger partial charge >= 0.3 is 0 Å². The van der Waals surface area contributed by atoms with E-state index in [1.54, 1.807) is 6.07 Å². The second-order valence-corrected chi connectivity index (χ2v) is 6.13. The number of benzene rings is 1. The highest BCUT2D eigenvalue weighted by Gasteiger charge is 2.13. The third-order valence-electron chi connectivity index (χ3n) is 3.44. The van der Waals surface area contributed by atoms with Crippen LogP contribution in [-0.2, 0) is 0 Å². The van der Waals surface area contributed by atoms with E-state index < -0.39 is 0 Å². The summed E-state index contributed by atoms with van der Waals surface area (Å²) in [6, 6.07) is 7.41.